The summed E-state index contributed by atoms with van der Waals surface area (Å²) in [7, 11) is 4.51. The highest BCUT2D eigenvalue weighted by atomic mass is 16.6. The topological polar surface area (TPSA) is 99.9 Å². The van der Waals surface area contributed by atoms with Crippen molar-refractivity contribution in [3.63, 3.8) is 0 Å². The maximum absolute atomic E-state index is 12.2. The van der Waals surface area contributed by atoms with Gasteiger partial charge in [-0.05, 0) is 23.8 Å². The van der Waals surface area contributed by atoms with Crippen molar-refractivity contribution >= 4 is 11.6 Å². The van der Waals surface area contributed by atoms with Crippen molar-refractivity contribution in [2.75, 3.05) is 21.3 Å². The fourth-order valence-electron chi connectivity index (χ4n) is 2.28. The summed E-state index contributed by atoms with van der Waals surface area (Å²) in [5, 5.41) is 13.5. The van der Waals surface area contributed by atoms with Crippen molar-refractivity contribution in [2.45, 2.75) is 6.54 Å². The van der Waals surface area contributed by atoms with Crippen LogP contribution in [0.4, 0.5) is 5.69 Å². The molecule has 132 valence electrons. The lowest BCUT2D eigenvalue weighted by atomic mass is 10.1. The second kappa shape index (κ2) is 8.00. The van der Waals surface area contributed by atoms with Crippen LogP contribution in [0.2, 0.25) is 0 Å². The van der Waals surface area contributed by atoms with E-state index in [1.54, 1.807) is 12.1 Å². The average Bonchev–Trinajstić information content (AvgIpc) is 2.64. The molecule has 8 heteroatoms. The van der Waals surface area contributed by atoms with E-state index in [-0.39, 0.29) is 17.8 Å². The lowest BCUT2D eigenvalue weighted by Gasteiger charge is -2.14. The molecule has 0 aliphatic carbocycles. The maximum atomic E-state index is 12.2. The quantitative estimate of drug-likeness (QED) is 0.611. The molecule has 0 saturated heterocycles. The van der Waals surface area contributed by atoms with Crippen LogP contribution in [0.1, 0.15) is 15.9 Å². The van der Waals surface area contributed by atoms with Gasteiger partial charge in [-0.2, -0.15) is 0 Å². The Morgan fingerprint density at radius 2 is 1.72 bits per heavy atom. The van der Waals surface area contributed by atoms with Gasteiger partial charge < -0.3 is 19.5 Å². The molecule has 2 rings (SSSR count). The van der Waals surface area contributed by atoms with Crippen molar-refractivity contribution in [2.24, 2.45) is 0 Å². The molecule has 1 amide bonds. The third-order valence-electron chi connectivity index (χ3n) is 3.50. The van der Waals surface area contributed by atoms with E-state index in [2.05, 4.69) is 5.32 Å². The monoisotopic (exact) mass is 346 g/mol. The molecular weight excluding hydrogens is 328 g/mol. The van der Waals surface area contributed by atoms with Gasteiger partial charge in [0.2, 0.25) is 5.75 Å². The number of amides is 1. The first-order chi connectivity index (χ1) is 12.0. The molecule has 0 heterocycles. The van der Waals surface area contributed by atoms with E-state index in [1.165, 1.54) is 45.6 Å². The number of non-ortho nitro benzene ring substituents is 1. The number of nitrogens with one attached hydrogen (secondary N) is 1. The summed E-state index contributed by atoms with van der Waals surface area (Å²) >= 11 is 0. The van der Waals surface area contributed by atoms with E-state index in [1.807, 2.05) is 0 Å². The van der Waals surface area contributed by atoms with Crippen LogP contribution in [0.5, 0.6) is 17.2 Å². The number of hydrogen-bond acceptors (Lipinski definition) is 6. The van der Waals surface area contributed by atoms with E-state index < -0.39 is 10.8 Å². The summed E-state index contributed by atoms with van der Waals surface area (Å²) in [4.78, 5) is 22.4. The van der Waals surface area contributed by atoms with Crippen molar-refractivity contribution in [3.8, 4) is 17.2 Å². The Morgan fingerprint density at radius 1 is 1.08 bits per heavy atom. The van der Waals surface area contributed by atoms with Crippen molar-refractivity contribution in [1.82, 2.24) is 5.32 Å². The van der Waals surface area contributed by atoms with Gasteiger partial charge >= 0.3 is 0 Å². The first-order valence-electron chi connectivity index (χ1n) is 7.31. The number of methoxy groups -OCH3 is 3. The van der Waals surface area contributed by atoms with Crippen LogP contribution < -0.4 is 19.5 Å². The molecule has 25 heavy (non-hydrogen) atoms. The van der Waals surface area contributed by atoms with Gasteiger partial charge in [0.1, 0.15) is 0 Å². The molecule has 0 spiro atoms. The number of carbonyl (C=O) groups is 1. The molecule has 8 nitrogen and oxygen atoms in total. The van der Waals surface area contributed by atoms with E-state index in [9.17, 15) is 14.9 Å². The zero-order valence-electron chi connectivity index (χ0n) is 14.1. The molecule has 0 aliphatic rings. The highest BCUT2D eigenvalue weighted by molar-refractivity contribution is 5.94. The maximum Gasteiger partial charge on any atom is 0.270 e. The van der Waals surface area contributed by atoms with Gasteiger partial charge in [0.25, 0.3) is 11.6 Å². The van der Waals surface area contributed by atoms with E-state index in [0.29, 0.717) is 17.2 Å². The molecule has 0 aromatic heterocycles. The third kappa shape index (κ3) is 4.17. The molecular formula is C17H18N2O6. The predicted molar refractivity (Wildman–Crippen MR) is 90.4 cm³/mol. The second-order valence-corrected chi connectivity index (χ2v) is 5.02. The minimum atomic E-state index is -0.546. The minimum absolute atomic E-state index is 0.138. The number of nitro benzene ring substituents is 1. The van der Waals surface area contributed by atoms with Crippen LogP contribution in [-0.2, 0) is 6.54 Å². The molecule has 0 radical (unpaired) electrons. The SMILES string of the molecule is COc1cc(CNC(=O)c2cccc([N+](=O)[O-])c2)cc(OC)c1OC. The third-order valence-corrected chi connectivity index (χ3v) is 3.50. The molecule has 0 saturated carbocycles. The number of nitro groups is 1. The van der Waals surface area contributed by atoms with Gasteiger partial charge in [-0.15, -0.1) is 0 Å². The van der Waals surface area contributed by atoms with Gasteiger partial charge in [0, 0.05) is 24.2 Å². The van der Waals surface area contributed by atoms with Crippen LogP contribution in [0.3, 0.4) is 0 Å². The summed E-state index contributed by atoms with van der Waals surface area (Å²) < 4.78 is 15.8. The van der Waals surface area contributed by atoms with E-state index >= 15 is 0 Å². The summed E-state index contributed by atoms with van der Waals surface area (Å²) in [6, 6.07) is 8.97. The zero-order valence-corrected chi connectivity index (χ0v) is 14.1. The number of carbonyl (C=O) groups excluding carboxylic acids is 1. The Balaban J connectivity index is 2.17. The Bertz CT molecular complexity index is 765. The standard InChI is InChI=1S/C17H18N2O6/c1-23-14-7-11(8-15(24-2)16(14)25-3)10-18-17(20)12-5-4-6-13(9-12)19(21)22/h4-9H,10H2,1-3H3,(H,18,20). The van der Waals surface area contributed by atoms with Gasteiger partial charge in [-0.1, -0.05) is 6.07 Å². The summed E-state index contributed by atoms with van der Waals surface area (Å²) in [6.45, 7) is 0.193. The van der Waals surface area contributed by atoms with E-state index in [4.69, 9.17) is 14.2 Å². The van der Waals surface area contributed by atoms with Crippen molar-refractivity contribution in [1.29, 1.82) is 0 Å². The normalized spacial score (nSPS) is 10.0. The average molecular weight is 346 g/mol. The van der Waals surface area contributed by atoms with Crippen LogP contribution in [0.15, 0.2) is 36.4 Å². The summed E-state index contributed by atoms with van der Waals surface area (Å²) in [5.74, 6) is 0.985. The number of ether oxygens (including phenoxy) is 3. The molecule has 0 fully saturated rings. The molecule has 0 unspecified atom stereocenters. The number of hydrogen-bond donors (Lipinski definition) is 1. The Kier molecular flexibility index (Phi) is 5.78. The highest BCUT2D eigenvalue weighted by Gasteiger charge is 2.15. The fraction of sp³-hybridized carbons (Fsp3) is 0.235. The van der Waals surface area contributed by atoms with E-state index in [0.717, 1.165) is 5.56 Å². The first-order valence-corrected chi connectivity index (χ1v) is 7.31. The largest absolute Gasteiger partial charge is 0.493 e. The predicted octanol–water partition coefficient (Wildman–Crippen LogP) is 2.55. The van der Waals surface area contributed by atoms with Gasteiger partial charge in [-0.3, -0.25) is 14.9 Å². The molecule has 0 aliphatic heterocycles. The molecule has 0 bridgehead atoms. The lowest BCUT2D eigenvalue weighted by Crippen LogP contribution is -2.22. The second-order valence-electron chi connectivity index (χ2n) is 5.02. The number of benzene rings is 2. The summed E-state index contributed by atoms with van der Waals surface area (Å²) in [6.07, 6.45) is 0. The lowest BCUT2D eigenvalue weighted by molar-refractivity contribution is -0.384. The molecule has 0 atom stereocenters. The Hall–Kier alpha value is -3.29. The molecule has 1 N–H and O–H groups in total. The smallest absolute Gasteiger partial charge is 0.270 e. The fourth-order valence-corrected chi connectivity index (χ4v) is 2.28. The first kappa shape index (κ1) is 18.1. The summed E-state index contributed by atoms with van der Waals surface area (Å²) in [5.41, 5.74) is 0.801. The van der Waals surface area contributed by atoms with Gasteiger partial charge in [0.15, 0.2) is 11.5 Å². The van der Waals surface area contributed by atoms with Crippen LogP contribution in [-0.4, -0.2) is 32.2 Å². The zero-order chi connectivity index (χ0) is 18.4. The molecule has 2 aromatic rings. The van der Waals surface area contributed by atoms with Gasteiger partial charge in [-0.25, -0.2) is 0 Å². The van der Waals surface area contributed by atoms with Crippen molar-refractivity contribution < 1.29 is 23.9 Å². The number of rotatable bonds is 7. The van der Waals surface area contributed by atoms with Crippen LogP contribution >= 0.6 is 0 Å². The minimum Gasteiger partial charge on any atom is -0.493 e. The van der Waals surface area contributed by atoms with Crippen molar-refractivity contribution in [3.05, 3.63) is 57.6 Å². The Morgan fingerprint density at radius 3 is 2.24 bits per heavy atom. The highest BCUT2D eigenvalue weighted by Crippen LogP contribution is 2.38. The van der Waals surface area contributed by atoms with Gasteiger partial charge in [0.05, 0.1) is 26.3 Å². The van der Waals surface area contributed by atoms with Crippen LogP contribution in [0.25, 0.3) is 0 Å². The number of nitrogens with zero attached hydrogens (tertiary/aromatic N) is 1. The van der Waals surface area contributed by atoms with Crippen LogP contribution in [0, 0.1) is 10.1 Å². The molecule has 2 aromatic carbocycles. The Labute approximate surface area is 144 Å².